The zero-order valence-corrected chi connectivity index (χ0v) is 22.8. The third kappa shape index (κ3) is 3.69. The van der Waals surface area contributed by atoms with E-state index in [-0.39, 0.29) is 24.0 Å². The maximum Gasteiger partial charge on any atom is 0.127 e. The number of hydrogen-bond donors (Lipinski definition) is 2. The van der Waals surface area contributed by atoms with Crippen LogP contribution in [-0.2, 0) is 10.8 Å². The molecular weight excluding hydrogens is 472 g/mol. The van der Waals surface area contributed by atoms with Crippen molar-refractivity contribution in [3.05, 3.63) is 35.4 Å². The SMILES string of the molecule is OCCOc1ccc2cc(C34CC5CC(CC(C5)C3)C4)c(OCCO)c(C34CC5CC(CC(C5)C3)C4)c2c1. The van der Waals surface area contributed by atoms with Gasteiger partial charge in [0.1, 0.15) is 24.7 Å². The Labute approximate surface area is 227 Å². The van der Waals surface area contributed by atoms with E-state index in [0.717, 1.165) is 47.0 Å². The van der Waals surface area contributed by atoms with Gasteiger partial charge in [-0.15, -0.1) is 0 Å². The van der Waals surface area contributed by atoms with Gasteiger partial charge >= 0.3 is 0 Å². The lowest BCUT2D eigenvalue weighted by Crippen LogP contribution is -2.50. The molecule has 2 aromatic carbocycles. The van der Waals surface area contributed by atoms with Gasteiger partial charge in [0.25, 0.3) is 0 Å². The zero-order valence-electron chi connectivity index (χ0n) is 22.8. The standard InChI is InChI=1S/C34H44O4/c35-3-5-37-28-2-1-27-13-30(33-15-21-7-22(16-33)9-23(8-21)17-33)32(38-6-4-36)31(29(27)14-28)34-18-24-10-25(19-34)12-26(11-24)20-34/h1-2,13-14,21-26,35-36H,3-12,15-20H2. The van der Waals surface area contributed by atoms with E-state index < -0.39 is 0 Å². The van der Waals surface area contributed by atoms with Crippen molar-refractivity contribution in [1.29, 1.82) is 0 Å². The summed E-state index contributed by atoms with van der Waals surface area (Å²) in [5.74, 6) is 7.15. The summed E-state index contributed by atoms with van der Waals surface area (Å²) in [5.41, 5.74) is 3.35. The molecule has 8 saturated carbocycles. The number of benzene rings is 2. The maximum atomic E-state index is 9.96. The molecule has 0 aromatic heterocycles. The second-order valence-electron chi connectivity index (χ2n) is 14.6. The minimum atomic E-state index is 0.0235. The topological polar surface area (TPSA) is 58.9 Å². The summed E-state index contributed by atoms with van der Waals surface area (Å²) in [6, 6.07) is 9.11. The molecule has 0 spiro atoms. The van der Waals surface area contributed by atoms with Crippen molar-refractivity contribution in [2.45, 2.75) is 87.9 Å². The van der Waals surface area contributed by atoms with Crippen LogP contribution < -0.4 is 9.47 Å². The van der Waals surface area contributed by atoms with Crippen LogP contribution >= 0.6 is 0 Å². The average Bonchev–Trinajstić information content (AvgIpc) is 2.88. The molecule has 10 rings (SSSR count). The van der Waals surface area contributed by atoms with Gasteiger partial charge in [-0.25, -0.2) is 0 Å². The Kier molecular flexibility index (Phi) is 5.61. The number of rotatable bonds is 8. The molecule has 2 N–H and O–H groups in total. The van der Waals surface area contributed by atoms with Gasteiger partial charge in [-0.05, 0) is 147 Å². The number of fused-ring (bicyclic) bond motifs is 1. The van der Waals surface area contributed by atoms with Gasteiger partial charge < -0.3 is 19.7 Å². The maximum absolute atomic E-state index is 9.96. The third-order valence-electron chi connectivity index (χ3n) is 11.9. The minimum absolute atomic E-state index is 0.0235. The molecule has 4 nitrogen and oxygen atoms in total. The predicted molar refractivity (Wildman–Crippen MR) is 149 cm³/mol. The zero-order chi connectivity index (χ0) is 25.5. The summed E-state index contributed by atoms with van der Waals surface area (Å²) in [4.78, 5) is 0. The number of aliphatic hydroxyl groups is 2. The molecule has 0 amide bonds. The Balaban J connectivity index is 1.36. The van der Waals surface area contributed by atoms with Crippen molar-refractivity contribution < 1.29 is 19.7 Å². The van der Waals surface area contributed by atoms with Crippen molar-refractivity contribution in [2.75, 3.05) is 26.4 Å². The van der Waals surface area contributed by atoms with Crippen molar-refractivity contribution in [2.24, 2.45) is 35.5 Å². The van der Waals surface area contributed by atoms with Crippen LogP contribution in [0.1, 0.15) is 88.2 Å². The van der Waals surface area contributed by atoms with Crippen LogP contribution in [0.25, 0.3) is 10.8 Å². The number of hydrogen-bond acceptors (Lipinski definition) is 4. The molecule has 0 atom stereocenters. The highest BCUT2D eigenvalue weighted by molar-refractivity contribution is 5.92. The van der Waals surface area contributed by atoms with Crippen molar-refractivity contribution in [3.8, 4) is 11.5 Å². The number of ether oxygens (including phenoxy) is 2. The fourth-order valence-electron chi connectivity index (χ4n) is 11.7. The smallest absolute Gasteiger partial charge is 0.127 e. The van der Waals surface area contributed by atoms with Crippen LogP contribution in [0.15, 0.2) is 24.3 Å². The molecule has 0 saturated heterocycles. The summed E-state index contributed by atoms with van der Waals surface area (Å²) in [6.07, 6.45) is 16.4. The molecular formula is C34H44O4. The van der Waals surface area contributed by atoms with Crippen LogP contribution in [0.2, 0.25) is 0 Å². The largest absolute Gasteiger partial charge is 0.491 e. The number of aliphatic hydroxyl groups excluding tert-OH is 2. The summed E-state index contributed by atoms with van der Waals surface area (Å²) in [6.45, 7) is 0.760. The fraction of sp³-hybridized carbons (Fsp3) is 0.706. The highest BCUT2D eigenvalue weighted by atomic mass is 16.5. The first kappa shape index (κ1) is 24.1. The Morgan fingerprint density at radius 1 is 0.632 bits per heavy atom. The van der Waals surface area contributed by atoms with Gasteiger partial charge in [-0.2, -0.15) is 0 Å². The molecule has 8 aliphatic rings. The van der Waals surface area contributed by atoms with Gasteiger partial charge in [0, 0.05) is 16.5 Å². The molecule has 8 aliphatic carbocycles. The second-order valence-corrected chi connectivity index (χ2v) is 14.6. The van der Waals surface area contributed by atoms with E-state index in [1.807, 2.05) is 0 Å². The first-order chi connectivity index (χ1) is 18.6. The highest BCUT2D eigenvalue weighted by Gasteiger charge is 2.56. The molecule has 0 unspecified atom stereocenters. The second kappa shape index (κ2) is 8.86. The molecule has 38 heavy (non-hydrogen) atoms. The molecule has 204 valence electrons. The van der Waals surface area contributed by atoms with Crippen molar-refractivity contribution >= 4 is 10.8 Å². The van der Waals surface area contributed by atoms with E-state index in [9.17, 15) is 10.2 Å². The first-order valence-electron chi connectivity index (χ1n) is 15.7. The highest BCUT2D eigenvalue weighted by Crippen LogP contribution is 2.66. The molecule has 8 bridgehead atoms. The van der Waals surface area contributed by atoms with E-state index in [1.165, 1.54) is 98.9 Å². The van der Waals surface area contributed by atoms with Gasteiger partial charge in [0.15, 0.2) is 0 Å². The minimum Gasteiger partial charge on any atom is -0.491 e. The van der Waals surface area contributed by atoms with E-state index >= 15 is 0 Å². The van der Waals surface area contributed by atoms with E-state index in [0.29, 0.717) is 13.2 Å². The summed E-state index contributed by atoms with van der Waals surface area (Å²) in [5, 5.41) is 22.0. The lowest BCUT2D eigenvalue weighted by Gasteiger charge is -2.59. The average molecular weight is 517 g/mol. The van der Waals surface area contributed by atoms with Crippen molar-refractivity contribution in [1.82, 2.24) is 0 Å². The summed E-state index contributed by atoms with van der Waals surface area (Å²) in [7, 11) is 0. The molecule has 0 heterocycles. The van der Waals surface area contributed by atoms with E-state index in [1.54, 1.807) is 0 Å². The molecule has 0 radical (unpaired) electrons. The normalized spacial score (nSPS) is 40.3. The van der Waals surface area contributed by atoms with E-state index in [2.05, 4.69) is 24.3 Å². The van der Waals surface area contributed by atoms with Crippen LogP contribution in [0, 0.1) is 35.5 Å². The van der Waals surface area contributed by atoms with Crippen LogP contribution in [-0.4, -0.2) is 36.6 Å². The van der Waals surface area contributed by atoms with Gasteiger partial charge in [0.05, 0.1) is 13.2 Å². The van der Waals surface area contributed by atoms with Crippen molar-refractivity contribution in [3.63, 3.8) is 0 Å². The Bertz CT molecular complexity index is 1160. The molecule has 8 fully saturated rings. The first-order valence-corrected chi connectivity index (χ1v) is 15.7. The van der Waals surface area contributed by atoms with Crippen LogP contribution in [0.3, 0.4) is 0 Å². The van der Waals surface area contributed by atoms with Gasteiger partial charge in [0.2, 0.25) is 0 Å². The monoisotopic (exact) mass is 516 g/mol. The summed E-state index contributed by atoms with van der Waals surface area (Å²) < 4.78 is 12.8. The summed E-state index contributed by atoms with van der Waals surface area (Å²) >= 11 is 0. The Morgan fingerprint density at radius 3 is 1.66 bits per heavy atom. The molecule has 0 aliphatic heterocycles. The molecule has 2 aromatic rings. The van der Waals surface area contributed by atoms with E-state index in [4.69, 9.17) is 9.47 Å². The Hall–Kier alpha value is -1.78. The quantitative estimate of drug-likeness (QED) is 0.420. The predicted octanol–water partition coefficient (Wildman–Crippen LogP) is 6.52. The van der Waals surface area contributed by atoms with Crippen LogP contribution in [0.4, 0.5) is 0 Å². The van der Waals surface area contributed by atoms with Gasteiger partial charge in [-0.3, -0.25) is 0 Å². The Morgan fingerprint density at radius 2 is 1.13 bits per heavy atom. The third-order valence-corrected chi connectivity index (χ3v) is 11.9. The molecule has 4 heteroatoms. The lowest BCUT2D eigenvalue weighted by atomic mass is 9.46. The fourth-order valence-corrected chi connectivity index (χ4v) is 11.7. The lowest BCUT2D eigenvalue weighted by molar-refractivity contribution is -0.0105. The van der Waals surface area contributed by atoms with Gasteiger partial charge in [-0.1, -0.05) is 6.07 Å². The van der Waals surface area contributed by atoms with Crippen LogP contribution in [0.5, 0.6) is 11.5 Å².